The molecule has 1 saturated heterocycles. The first kappa shape index (κ1) is 18.3. The Morgan fingerprint density at radius 1 is 1.17 bits per heavy atom. The van der Waals surface area contributed by atoms with Crippen LogP contribution in [-0.4, -0.2) is 53.6 Å². The van der Waals surface area contributed by atoms with Gasteiger partial charge in [0.25, 0.3) is 11.8 Å². The third-order valence-electron chi connectivity index (χ3n) is 5.41. The zero-order valence-electron chi connectivity index (χ0n) is 16.5. The lowest BCUT2D eigenvalue weighted by Crippen LogP contribution is -2.41. The Kier molecular flexibility index (Phi) is 4.62. The van der Waals surface area contributed by atoms with Crippen molar-refractivity contribution in [2.24, 2.45) is 7.05 Å². The molecule has 9 heteroatoms. The second kappa shape index (κ2) is 7.58. The average Bonchev–Trinajstić information content (AvgIpc) is 3.54. The van der Waals surface area contributed by atoms with Crippen LogP contribution in [0.2, 0.25) is 0 Å². The fourth-order valence-electron chi connectivity index (χ4n) is 3.79. The van der Waals surface area contributed by atoms with Crippen LogP contribution in [0.5, 0.6) is 0 Å². The molecule has 4 heterocycles. The van der Waals surface area contributed by atoms with Crippen LogP contribution >= 0.6 is 0 Å². The van der Waals surface area contributed by atoms with E-state index in [4.69, 9.17) is 4.52 Å². The number of rotatable bonds is 4. The van der Waals surface area contributed by atoms with Crippen LogP contribution in [0.1, 0.15) is 29.4 Å². The summed E-state index contributed by atoms with van der Waals surface area (Å²) in [6, 6.07) is 13.4. The van der Waals surface area contributed by atoms with Gasteiger partial charge in [-0.05, 0) is 25.0 Å². The largest absolute Gasteiger partial charge is 0.347 e. The van der Waals surface area contributed by atoms with Gasteiger partial charge in [0, 0.05) is 31.9 Å². The number of hydrogen-bond acceptors (Lipinski definition) is 6. The van der Waals surface area contributed by atoms with Crippen molar-refractivity contribution in [1.82, 2.24) is 34.6 Å². The quantitative estimate of drug-likeness (QED) is 0.520. The van der Waals surface area contributed by atoms with Crippen molar-refractivity contribution in [2.45, 2.75) is 18.9 Å². The van der Waals surface area contributed by atoms with E-state index in [9.17, 15) is 4.79 Å². The zero-order chi connectivity index (χ0) is 20.5. The molecule has 4 aromatic rings. The Balaban J connectivity index is 1.32. The molecule has 0 aliphatic carbocycles. The van der Waals surface area contributed by atoms with Gasteiger partial charge in [0.1, 0.15) is 5.69 Å². The first-order valence-electron chi connectivity index (χ1n) is 9.91. The maximum atomic E-state index is 12.8. The van der Waals surface area contributed by atoms with Crippen molar-refractivity contribution in [2.75, 3.05) is 13.1 Å². The van der Waals surface area contributed by atoms with Crippen LogP contribution in [0.3, 0.4) is 0 Å². The first-order chi connectivity index (χ1) is 14.7. The minimum atomic E-state index is 0.0388. The van der Waals surface area contributed by atoms with Gasteiger partial charge in [0.15, 0.2) is 5.69 Å². The Labute approximate surface area is 172 Å². The van der Waals surface area contributed by atoms with E-state index in [1.54, 1.807) is 4.68 Å². The van der Waals surface area contributed by atoms with Crippen molar-refractivity contribution < 1.29 is 9.32 Å². The van der Waals surface area contributed by atoms with Gasteiger partial charge in [-0.3, -0.25) is 4.79 Å². The van der Waals surface area contributed by atoms with E-state index in [-0.39, 0.29) is 11.9 Å². The molecule has 0 bridgehead atoms. The van der Waals surface area contributed by atoms with E-state index >= 15 is 0 Å². The lowest BCUT2D eigenvalue weighted by Gasteiger charge is -2.32. The molecule has 0 N–H and O–H groups in total. The molecule has 0 radical (unpaired) electrons. The molecule has 0 spiro atoms. The molecule has 9 nitrogen and oxygen atoms in total. The third kappa shape index (κ3) is 3.38. The van der Waals surface area contributed by atoms with Crippen molar-refractivity contribution >= 4 is 5.91 Å². The second-order valence-electron chi connectivity index (χ2n) is 7.42. The number of piperidine rings is 1. The topological polar surface area (TPSA) is 94.9 Å². The van der Waals surface area contributed by atoms with Crippen LogP contribution in [0.15, 0.2) is 59.4 Å². The Hall–Kier alpha value is -3.75. The van der Waals surface area contributed by atoms with E-state index < -0.39 is 0 Å². The van der Waals surface area contributed by atoms with E-state index in [1.807, 2.05) is 71.4 Å². The van der Waals surface area contributed by atoms with E-state index in [0.717, 1.165) is 24.9 Å². The van der Waals surface area contributed by atoms with E-state index in [1.165, 1.54) is 0 Å². The number of hydrogen-bond donors (Lipinski definition) is 0. The number of benzene rings is 1. The maximum Gasteiger partial charge on any atom is 0.280 e. The predicted molar refractivity (Wildman–Crippen MR) is 108 cm³/mol. The van der Waals surface area contributed by atoms with Crippen LogP contribution < -0.4 is 0 Å². The van der Waals surface area contributed by atoms with Crippen molar-refractivity contribution in [1.29, 1.82) is 0 Å². The summed E-state index contributed by atoms with van der Waals surface area (Å²) in [6.07, 6.45) is 5.53. The number of aromatic nitrogens is 6. The summed E-state index contributed by atoms with van der Waals surface area (Å²) in [4.78, 5) is 19.2. The molecule has 30 heavy (non-hydrogen) atoms. The molecule has 5 rings (SSSR count). The normalized spacial score (nSPS) is 16.7. The highest BCUT2D eigenvalue weighted by Crippen LogP contribution is 2.25. The van der Waals surface area contributed by atoms with Gasteiger partial charge in [-0.1, -0.05) is 40.7 Å². The molecular weight excluding hydrogens is 382 g/mol. The lowest BCUT2D eigenvalue weighted by molar-refractivity contribution is 0.0662. The predicted octanol–water partition coefficient (Wildman–Crippen LogP) is 2.81. The molecule has 1 aliphatic rings. The maximum absolute atomic E-state index is 12.8. The molecule has 1 fully saturated rings. The summed E-state index contributed by atoms with van der Waals surface area (Å²) in [5, 5.41) is 12.5. The zero-order valence-corrected chi connectivity index (χ0v) is 16.5. The highest BCUT2D eigenvalue weighted by Gasteiger charge is 2.28. The molecule has 1 aliphatic heterocycles. The summed E-state index contributed by atoms with van der Waals surface area (Å²) in [5.74, 6) is 0.877. The minimum absolute atomic E-state index is 0.0388. The second-order valence-corrected chi connectivity index (χ2v) is 7.42. The molecule has 1 amide bonds. The van der Waals surface area contributed by atoms with Gasteiger partial charge in [-0.2, -0.15) is 4.98 Å². The molecule has 1 atom stereocenters. The van der Waals surface area contributed by atoms with Crippen LogP contribution in [-0.2, 0) is 7.05 Å². The number of likely N-dealkylation sites (tertiary alicyclic amines) is 1. The lowest BCUT2D eigenvalue weighted by atomic mass is 10.1. The van der Waals surface area contributed by atoms with Gasteiger partial charge in [0.2, 0.25) is 5.82 Å². The average molecular weight is 403 g/mol. The minimum Gasteiger partial charge on any atom is -0.347 e. The molecule has 1 aromatic carbocycles. The highest BCUT2D eigenvalue weighted by atomic mass is 16.5. The molecular formula is C21H21N7O2. The standard InChI is InChI=1S/C21H21N7O2/c1-26-11-6-10-18(26)21(29)27-12-5-9-16(13-27)28-14-17(23-25-28)20-22-19(24-30-20)15-7-3-2-4-8-15/h2-4,6-8,10-11,14,16H,5,9,12-13H2,1H3. The summed E-state index contributed by atoms with van der Waals surface area (Å²) in [7, 11) is 1.88. The Bertz CT molecular complexity index is 1160. The monoisotopic (exact) mass is 403 g/mol. The Morgan fingerprint density at radius 3 is 2.83 bits per heavy atom. The van der Waals surface area contributed by atoms with Crippen LogP contribution in [0, 0.1) is 0 Å². The van der Waals surface area contributed by atoms with Crippen LogP contribution in [0.25, 0.3) is 23.0 Å². The summed E-state index contributed by atoms with van der Waals surface area (Å²) in [6.45, 7) is 1.33. The van der Waals surface area contributed by atoms with Gasteiger partial charge in [-0.15, -0.1) is 5.10 Å². The number of carbonyl (C=O) groups is 1. The van der Waals surface area contributed by atoms with Crippen molar-refractivity contribution in [3.05, 3.63) is 60.6 Å². The SMILES string of the molecule is Cn1cccc1C(=O)N1CCCC(n2cc(-c3nc(-c4ccccc4)no3)nn2)C1. The number of carbonyl (C=O) groups excluding carboxylic acids is 1. The molecule has 0 saturated carbocycles. The summed E-state index contributed by atoms with van der Waals surface area (Å²) >= 11 is 0. The fourth-order valence-corrected chi connectivity index (χ4v) is 3.79. The van der Waals surface area contributed by atoms with Crippen molar-refractivity contribution in [3.8, 4) is 23.0 Å². The third-order valence-corrected chi connectivity index (χ3v) is 5.41. The Morgan fingerprint density at radius 2 is 2.03 bits per heavy atom. The van der Waals surface area contributed by atoms with Gasteiger partial charge in [0.05, 0.1) is 12.2 Å². The van der Waals surface area contributed by atoms with Gasteiger partial charge < -0.3 is 14.0 Å². The van der Waals surface area contributed by atoms with Gasteiger partial charge in [-0.25, -0.2) is 4.68 Å². The summed E-state index contributed by atoms with van der Waals surface area (Å²) in [5.41, 5.74) is 2.09. The van der Waals surface area contributed by atoms with E-state index in [2.05, 4.69) is 20.5 Å². The number of amides is 1. The number of nitrogens with zero attached hydrogens (tertiary/aromatic N) is 7. The van der Waals surface area contributed by atoms with E-state index in [0.29, 0.717) is 29.6 Å². The molecule has 1 unspecified atom stereocenters. The smallest absolute Gasteiger partial charge is 0.280 e. The molecule has 3 aromatic heterocycles. The number of aryl methyl sites for hydroxylation is 1. The van der Waals surface area contributed by atoms with Crippen molar-refractivity contribution in [3.63, 3.8) is 0 Å². The highest BCUT2D eigenvalue weighted by molar-refractivity contribution is 5.92. The van der Waals surface area contributed by atoms with Crippen LogP contribution in [0.4, 0.5) is 0 Å². The van der Waals surface area contributed by atoms with Gasteiger partial charge >= 0.3 is 0 Å². The fraction of sp³-hybridized carbons (Fsp3) is 0.286. The summed E-state index contributed by atoms with van der Waals surface area (Å²) < 4.78 is 9.03. The first-order valence-corrected chi connectivity index (χ1v) is 9.91. The molecule has 152 valence electrons.